The summed E-state index contributed by atoms with van der Waals surface area (Å²) >= 11 is 0. The maximum atomic E-state index is 6.59. The van der Waals surface area contributed by atoms with E-state index in [1.807, 2.05) is 19.9 Å². The molecule has 4 heterocycles. The van der Waals surface area contributed by atoms with Crippen LogP contribution in [0.15, 0.2) is 41.8 Å². The molecular formula is C28H32N6O2. The Morgan fingerprint density at radius 3 is 2.78 bits per heavy atom. The topological polar surface area (TPSA) is 114 Å². The lowest BCUT2D eigenvalue weighted by atomic mass is 9.64. The van der Waals surface area contributed by atoms with Crippen LogP contribution < -0.4 is 11.5 Å². The lowest BCUT2D eigenvalue weighted by Crippen LogP contribution is -2.44. The van der Waals surface area contributed by atoms with Gasteiger partial charge in [-0.15, -0.1) is 0 Å². The molecule has 0 radical (unpaired) electrons. The Hall–Kier alpha value is -2.97. The van der Waals surface area contributed by atoms with Gasteiger partial charge in [-0.25, -0.2) is 15.0 Å². The second kappa shape index (κ2) is 6.66. The van der Waals surface area contributed by atoms with Crippen molar-refractivity contribution in [3.05, 3.63) is 47.9 Å². The first-order chi connectivity index (χ1) is 17.3. The Balaban J connectivity index is 1.10. The standard InChI is InChI=1S/C28H32N6O2/c1-26(2)35-21-20(34-11-7-16-23(29)31-14-32-24(16)34)18-13-28(18,22(21)36-26)10-6-15-4-5-17-19(12-15)33-25(30)27(17)8-3-9-27/h4-5,7,11-12,14,18,20-22H,3,6,8-10,13H2,1-2H3,(H2,30,33)(H2,29,31,32)/t18-,20-,21+,22+,28-/m1/s1. The molecule has 8 nitrogen and oxygen atoms in total. The number of fused-ring (bicyclic) bond motifs is 6. The van der Waals surface area contributed by atoms with E-state index < -0.39 is 5.79 Å². The van der Waals surface area contributed by atoms with Crippen LogP contribution in [0.3, 0.4) is 0 Å². The molecule has 2 aromatic heterocycles. The molecule has 4 N–H and O–H groups in total. The predicted octanol–water partition coefficient (Wildman–Crippen LogP) is 4.15. The van der Waals surface area contributed by atoms with Crippen molar-refractivity contribution < 1.29 is 9.47 Å². The molecule has 3 saturated carbocycles. The normalized spacial score (nSPS) is 34.3. The van der Waals surface area contributed by atoms with Gasteiger partial charge in [-0.3, -0.25) is 0 Å². The van der Waals surface area contributed by atoms with Crippen LogP contribution in [0.4, 0.5) is 11.5 Å². The summed E-state index contributed by atoms with van der Waals surface area (Å²) in [6.45, 7) is 4.06. The third kappa shape index (κ3) is 2.59. The highest BCUT2D eigenvalue weighted by molar-refractivity contribution is 6.00. The lowest BCUT2D eigenvalue weighted by Gasteiger charge is -2.38. The van der Waals surface area contributed by atoms with E-state index in [9.17, 15) is 0 Å². The monoisotopic (exact) mass is 484 g/mol. The third-order valence-electron chi connectivity index (χ3n) is 9.88. The van der Waals surface area contributed by atoms with E-state index in [-0.39, 0.29) is 29.1 Å². The van der Waals surface area contributed by atoms with Crippen LogP contribution in [0.25, 0.3) is 11.0 Å². The van der Waals surface area contributed by atoms with Crippen LogP contribution in [0, 0.1) is 11.3 Å². The van der Waals surface area contributed by atoms with E-state index in [1.165, 1.54) is 17.5 Å². The van der Waals surface area contributed by atoms with Gasteiger partial charge in [-0.1, -0.05) is 18.6 Å². The molecule has 186 valence electrons. The second-order valence-electron chi connectivity index (χ2n) is 12.1. The molecule has 8 rings (SSSR count). The number of amidine groups is 1. The van der Waals surface area contributed by atoms with Gasteiger partial charge in [0, 0.05) is 11.6 Å². The number of hydrogen-bond acceptors (Lipinski definition) is 7. The number of benzene rings is 1. The lowest BCUT2D eigenvalue weighted by molar-refractivity contribution is -0.161. The van der Waals surface area contributed by atoms with Gasteiger partial charge < -0.3 is 25.5 Å². The zero-order valence-corrected chi connectivity index (χ0v) is 20.8. The fraction of sp³-hybridized carbons (Fsp3) is 0.536. The summed E-state index contributed by atoms with van der Waals surface area (Å²) in [4.78, 5) is 13.5. The molecule has 1 saturated heterocycles. The summed E-state index contributed by atoms with van der Waals surface area (Å²) < 4.78 is 15.4. The quantitative estimate of drug-likeness (QED) is 0.575. The summed E-state index contributed by atoms with van der Waals surface area (Å²) in [5.41, 5.74) is 17.2. The fourth-order valence-electron chi connectivity index (χ4n) is 7.90. The SMILES string of the molecule is CC1(C)O[C@H]2[C@H](n3ccc4c(N)ncnc43)[C@H]3C[C@@]3(CCc3ccc4c(c3)N=C(N)C43CCC3)[C@H]2O1. The molecule has 36 heavy (non-hydrogen) atoms. The van der Waals surface area contributed by atoms with Gasteiger partial charge in [0.05, 0.1) is 28.6 Å². The zero-order chi connectivity index (χ0) is 24.4. The molecule has 3 aromatic rings. The van der Waals surface area contributed by atoms with Crippen molar-refractivity contribution in [2.75, 3.05) is 5.73 Å². The number of aryl methyl sites for hydroxylation is 1. The molecule has 1 spiro atoms. The number of aliphatic imine (C=N–C) groups is 1. The van der Waals surface area contributed by atoms with Crippen molar-refractivity contribution >= 4 is 28.4 Å². The predicted molar refractivity (Wildman–Crippen MR) is 137 cm³/mol. The van der Waals surface area contributed by atoms with Crippen molar-refractivity contribution in [2.45, 2.75) is 81.8 Å². The van der Waals surface area contributed by atoms with Crippen LogP contribution in [0.1, 0.15) is 63.1 Å². The average molecular weight is 485 g/mol. The highest BCUT2D eigenvalue weighted by Gasteiger charge is 2.75. The van der Waals surface area contributed by atoms with Crippen LogP contribution in [-0.4, -0.2) is 38.4 Å². The van der Waals surface area contributed by atoms with Gasteiger partial charge in [0.15, 0.2) is 5.79 Å². The van der Waals surface area contributed by atoms with Crippen LogP contribution >= 0.6 is 0 Å². The van der Waals surface area contributed by atoms with Crippen LogP contribution in [-0.2, 0) is 21.3 Å². The van der Waals surface area contributed by atoms with Gasteiger partial charge in [-0.05, 0) is 75.1 Å². The largest absolute Gasteiger partial charge is 0.386 e. The van der Waals surface area contributed by atoms with Crippen molar-refractivity contribution in [3.8, 4) is 0 Å². The molecule has 0 bridgehead atoms. The molecule has 8 heteroatoms. The highest BCUT2D eigenvalue weighted by Crippen LogP contribution is 2.73. The molecular weight excluding hydrogens is 452 g/mol. The zero-order valence-electron chi connectivity index (χ0n) is 20.8. The van der Waals surface area contributed by atoms with E-state index in [0.29, 0.717) is 11.7 Å². The van der Waals surface area contributed by atoms with Gasteiger partial charge in [-0.2, -0.15) is 0 Å². The third-order valence-corrected chi connectivity index (χ3v) is 9.88. The first-order valence-corrected chi connectivity index (χ1v) is 13.2. The molecule has 5 atom stereocenters. The molecule has 4 fully saturated rings. The van der Waals surface area contributed by atoms with E-state index in [4.69, 9.17) is 25.9 Å². The summed E-state index contributed by atoms with van der Waals surface area (Å²) in [5.74, 6) is 1.21. The second-order valence-corrected chi connectivity index (χ2v) is 12.1. The minimum absolute atomic E-state index is 0.00608. The van der Waals surface area contributed by atoms with Crippen molar-refractivity contribution in [2.24, 2.45) is 22.1 Å². The van der Waals surface area contributed by atoms with Gasteiger partial charge in [0.2, 0.25) is 0 Å². The van der Waals surface area contributed by atoms with Crippen LogP contribution in [0.5, 0.6) is 0 Å². The first kappa shape index (κ1) is 21.1. The molecule has 0 unspecified atom stereocenters. The smallest absolute Gasteiger partial charge is 0.163 e. The maximum Gasteiger partial charge on any atom is 0.163 e. The highest BCUT2D eigenvalue weighted by atomic mass is 16.8. The van der Waals surface area contributed by atoms with Crippen molar-refractivity contribution in [1.29, 1.82) is 0 Å². The van der Waals surface area contributed by atoms with Crippen molar-refractivity contribution in [1.82, 2.24) is 14.5 Å². The van der Waals surface area contributed by atoms with E-state index in [1.54, 1.807) is 6.33 Å². The Labute approximate surface area is 210 Å². The van der Waals surface area contributed by atoms with Crippen LogP contribution in [0.2, 0.25) is 0 Å². The molecule has 2 aliphatic heterocycles. The molecule has 0 amide bonds. The number of hydrogen-bond donors (Lipinski definition) is 2. The van der Waals surface area contributed by atoms with E-state index >= 15 is 0 Å². The Morgan fingerprint density at radius 2 is 1.97 bits per heavy atom. The first-order valence-electron chi connectivity index (χ1n) is 13.2. The Bertz CT molecular complexity index is 1460. The van der Waals surface area contributed by atoms with Gasteiger partial charge in [0.1, 0.15) is 29.7 Å². The molecule has 1 aromatic carbocycles. The summed E-state index contributed by atoms with van der Waals surface area (Å²) in [6.07, 6.45) is 10.4. The summed E-state index contributed by atoms with van der Waals surface area (Å²) in [7, 11) is 0. The molecule has 3 aliphatic carbocycles. The number of ether oxygens (including phenoxy) is 2. The Morgan fingerprint density at radius 1 is 1.11 bits per heavy atom. The number of rotatable bonds is 4. The number of nitrogens with zero attached hydrogens (tertiary/aromatic N) is 4. The minimum atomic E-state index is -0.595. The average Bonchev–Trinajstić information content (AvgIpc) is 3.06. The fourth-order valence-corrected chi connectivity index (χ4v) is 7.90. The summed E-state index contributed by atoms with van der Waals surface area (Å²) in [6, 6.07) is 9.03. The van der Waals surface area contributed by atoms with Crippen molar-refractivity contribution in [3.63, 3.8) is 0 Å². The van der Waals surface area contributed by atoms with Gasteiger partial charge >= 0.3 is 0 Å². The van der Waals surface area contributed by atoms with E-state index in [2.05, 4.69) is 38.9 Å². The Kier molecular flexibility index (Phi) is 3.91. The number of nitrogens with two attached hydrogens (primary N) is 2. The van der Waals surface area contributed by atoms with E-state index in [0.717, 1.165) is 54.7 Å². The number of nitrogen functional groups attached to an aromatic ring is 1. The minimum Gasteiger partial charge on any atom is -0.386 e. The number of aromatic nitrogens is 3. The number of anilines is 1. The summed E-state index contributed by atoms with van der Waals surface area (Å²) in [5, 5.41) is 0.896. The van der Waals surface area contributed by atoms with Gasteiger partial charge in [0.25, 0.3) is 0 Å². The molecule has 5 aliphatic rings. The maximum absolute atomic E-state index is 6.59.